The van der Waals surface area contributed by atoms with Gasteiger partial charge in [-0.25, -0.2) is 0 Å². The van der Waals surface area contributed by atoms with Crippen LogP contribution >= 0.6 is 23.1 Å². The maximum atomic E-state index is 14.7. The van der Waals surface area contributed by atoms with Crippen molar-refractivity contribution in [2.45, 2.75) is 121 Å². The molecule has 2 aromatic carbocycles. The van der Waals surface area contributed by atoms with E-state index in [-0.39, 0.29) is 81.4 Å². The fourth-order valence-electron chi connectivity index (χ4n) is 8.86. The topological polar surface area (TPSA) is 328 Å². The lowest BCUT2D eigenvalue weighted by molar-refractivity contribution is -0.143. The quantitative estimate of drug-likeness (QED) is 0.0530. The number of amides is 7. The molecule has 5 rings (SSSR count). The van der Waals surface area contributed by atoms with Crippen LogP contribution in [-0.4, -0.2) is 124 Å². The zero-order valence-electron chi connectivity index (χ0n) is 41.9. The highest BCUT2D eigenvalue weighted by atomic mass is 32.2. The van der Waals surface area contributed by atoms with Crippen molar-refractivity contribution in [2.24, 2.45) is 39.9 Å². The molecule has 0 radical (unpaired) electrons. The number of hydrogen-bond donors (Lipinski definition) is 9. The van der Waals surface area contributed by atoms with Crippen molar-refractivity contribution in [3.05, 3.63) is 88.1 Å². The van der Waals surface area contributed by atoms with E-state index in [1.807, 2.05) is 35.7 Å². The van der Waals surface area contributed by atoms with Gasteiger partial charge in [-0.15, -0.1) is 11.3 Å². The predicted molar refractivity (Wildman–Crippen MR) is 282 cm³/mol. The molecule has 74 heavy (non-hydrogen) atoms. The van der Waals surface area contributed by atoms with Gasteiger partial charge in [0, 0.05) is 61.9 Å². The Labute approximate surface area is 439 Å². The van der Waals surface area contributed by atoms with Gasteiger partial charge < -0.3 is 53.8 Å². The van der Waals surface area contributed by atoms with Crippen LogP contribution in [0, 0.1) is 17.8 Å². The van der Waals surface area contributed by atoms with Crippen molar-refractivity contribution in [1.29, 1.82) is 0 Å². The van der Waals surface area contributed by atoms with Crippen molar-refractivity contribution in [3.63, 3.8) is 0 Å². The Bertz CT molecular complexity index is 2440. The molecule has 0 aliphatic carbocycles. The summed E-state index contributed by atoms with van der Waals surface area (Å²) in [4.78, 5) is 132. The van der Waals surface area contributed by atoms with Gasteiger partial charge >= 0.3 is 0 Å². The molecule has 12 N–H and O–H groups in total. The number of thiophene rings is 1. The number of likely N-dealkylation sites (tertiary alicyclic amines) is 1. The number of Topliss-reactive ketones (excluding diaryl/α,β-unsaturated/α-hetero) is 2. The van der Waals surface area contributed by atoms with Crippen LogP contribution in [0.4, 0.5) is 0 Å². The molecular weight excluding hydrogens is 989 g/mol. The van der Waals surface area contributed by atoms with Gasteiger partial charge in [-0.2, -0.15) is 11.8 Å². The van der Waals surface area contributed by atoms with E-state index >= 15 is 0 Å². The van der Waals surface area contributed by atoms with Gasteiger partial charge in [0.05, 0.1) is 18.4 Å². The number of aliphatic imine (C=N–C) groups is 1. The molecule has 0 saturated carbocycles. The Morgan fingerprint density at radius 2 is 1.57 bits per heavy atom. The smallest absolute Gasteiger partial charge is 0.243 e. The average Bonchev–Trinajstić information content (AvgIpc) is 4.08. The minimum atomic E-state index is -1.50. The van der Waals surface area contributed by atoms with Crippen LogP contribution < -0.4 is 43.8 Å². The highest BCUT2D eigenvalue weighted by molar-refractivity contribution is 7.99. The van der Waals surface area contributed by atoms with Crippen molar-refractivity contribution >= 4 is 82.0 Å². The van der Waals surface area contributed by atoms with E-state index in [0.29, 0.717) is 30.6 Å². The second-order valence-electron chi connectivity index (χ2n) is 19.1. The first kappa shape index (κ1) is 58.1. The van der Waals surface area contributed by atoms with Crippen molar-refractivity contribution < 1.29 is 48.3 Å². The number of nitrogens with zero attached hydrogens (tertiary/aromatic N) is 2. The highest BCUT2D eigenvalue weighted by Gasteiger charge is 2.41. The third-order valence-electron chi connectivity index (χ3n) is 12.8. The van der Waals surface area contributed by atoms with E-state index < -0.39 is 108 Å². The van der Waals surface area contributed by atoms with Crippen LogP contribution in [0.25, 0.3) is 0 Å². The van der Waals surface area contributed by atoms with Gasteiger partial charge in [-0.1, -0.05) is 62.4 Å². The van der Waals surface area contributed by atoms with Crippen molar-refractivity contribution in [2.75, 3.05) is 24.6 Å². The fourth-order valence-corrected chi connectivity index (χ4v) is 10.7. The molecular formula is C52H70N10O10S2. The number of carbonyl (C=O) groups excluding carboxylic acids is 9. The van der Waals surface area contributed by atoms with Gasteiger partial charge in [-0.05, 0) is 84.9 Å². The number of guanidine groups is 1. The summed E-state index contributed by atoms with van der Waals surface area (Å²) in [6.07, 6.45) is 0.583. The van der Waals surface area contributed by atoms with Gasteiger partial charge in [0.25, 0.3) is 0 Å². The molecule has 2 saturated heterocycles. The number of hydrogen-bond acceptors (Lipinski definition) is 13. The Balaban J connectivity index is 1.41. The second kappa shape index (κ2) is 29.2. The second-order valence-corrected chi connectivity index (χ2v) is 21.2. The number of nitrogens with two attached hydrogens (primary N) is 3. The standard InChI is InChI=1S/C52H70N10O10S2/c1-31(2)45-50(71)59-40(28-44(53)66)43(65)26-35(51(72)62-21-7-15-42(62)49(70)58-39(14-6-20-56-52(54)55)47(68)57-29-33-10-4-3-5-11-33)30-73-22-8-12-37(64)25-34(24-32-16-18-36(63)19-17-32)46(67)60-41(48(69)61-45)27-38-13-9-23-74-38/h3-5,9-11,13,16-19,23,31,34-35,39-42,45,63H,6-8,12,14-15,20-22,24-30H2,1-2H3,(H2,53,66)(H,57,68)(H,58,70)(H,59,71)(H,60,67)(H,61,69)(H4,54,55,56)/t34-,35+,39-,40+,41+,42+,45+/m1/s1. The summed E-state index contributed by atoms with van der Waals surface area (Å²) in [7, 11) is 0. The Morgan fingerprint density at radius 3 is 2.24 bits per heavy atom. The number of primary amides is 1. The number of thioether (sulfide) groups is 1. The molecule has 7 atom stereocenters. The van der Waals surface area contributed by atoms with Gasteiger partial charge in [0.15, 0.2) is 11.7 Å². The summed E-state index contributed by atoms with van der Waals surface area (Å²) < 4.78 is 0. The van der Waals surface area contributed by atoms with Crippen LogP contribution in [-0.2, 0) is 62.5 Å². The Morgan fingerprint density at radius 1 is 0.838 bits per heavy atom. The fraction of sp³-hybridized carbons (Fsp3) is 0.500. The van der Waals surface area contributed by atoms with Crippen LogP contribution in [0.3, 0.4) is 0 Å². The molecule has 3 aromatic rings. The lowest BCUT2D eigenvalue weighted by Gasteiger charge is -2.30. The molecule has 400 valence electrons. The van der Waals surface area contributed by atoms with Crippen molar-refractivity contribution in [3.8, 4) is 5.75 Å². The number of phenolic OH excluding ortho intramolecular Hbond substituents is 1. The zero-order valence-corrected chi connectivity index (χ0v) is 43.6. The molecule has 2 fully saturated rings. The molecule has 2 aliphatic heterocycles. The largest absolute Gasteiger partial charge is 0.508 e. The molecule has 3 heterocycles. The van der Waals surface area contributed by atoms with Crippen LogP contribution in [0.5, 0.6) is 5.75 Å². The normalized spacial score (nSPS) is 22.1. The predicted octanol–water partition coefficient (Wildman–Crippen LogP) is 1.75. The van der Waals surface area contributed by atoms with E-state index in [0.717, 1.165) is 10.4 Å². The Hall–Kier alpha value is -6.81. The molecule has 20 nitrogen and oxygen atoms in total. The molecule has 2 aliphatic rings. The van der Waals surface area contributed by atoms with E-state index in [1.54, 1.807) is 38.1 Å². The molecule has 1 aromatic heterocycles. The molecule has 0 unspecified atom stereocenters. The highest BCUT2D eigenvalue weighted by Crippen LogP contribution is 2.26. The summed E-state index contributed by atoms with van der Waals surface area (Å²) in [5, 5.41) is 25.7. The maximum absolute atomic E-state index is 14.7. The first-order valence-corrected chi connectivity index (χ1v) is 27.0. The van der Waals surface area contributed by atoms with Crippen LogP contribution in [0.2, 0.25) is 0 Å². The molecule has 7 amide bonds. The number of ketones is 2. The van der Waals surface area contributed by atoms with Crippen molar-refractivity contribution in [1.82, 2.24) is 31.5 Å². The number of aromatic hydroxyl groups is 1. The third kappa shape index (κ3) is 18.6. The summed E-state index contributed by atoms with van der Waals surface area (Å²) in [6, 6.07) is 13.1. The molecule has 22 heteroatoms. The van der Waals surface area contributed by atoms with Crippen LogP contribution in [0.15, 0.2) is 77.1 Å². The number of benzene rings is 2. The van der Waals surface area contributed by atoms with E-state index in [9.17, 15) is 48.3 Å². The first-order valence-electron chi connectivity index (χ1n) is 25.0. The summed E-state index contributed by atoms with van der Waals surface area (Å²) in [6.45, 7) is 3.91. The lowest BCUT2D eigenvalue weighted by atomic mass is 9.91. The summed E-state index contributed by atoms with van der Waals surface area (Å²) in [5.74, 6) is -7.70. The first-order chi connectivity index (χ1) is 35.4. The minimum absolute atomic E-state index is 0.0252. The average molecular weight is 1060 g/mol. The summed E-state index contributed by atoms with van der Waals surface area (Å²) in [5.41, 5.74) is 18.2. The minimum Gasteiger partial charge on any atom is -0.508 e. The van der Waals surface area contributed by atoms with Gasteiger partial charge in [0.2, 0.25) is 41.4 Å². The van der Waals surface area contributed by atoms with Gasteiger partial charge in [-0.3, -0.25) is 48.1 Å². The van der Waals surface area contributed by atoms with E-state index in [4.69, 9.17) is 17.2 Å². The van der Waals surface area contributed by atoms with E-state index in [2.05, 4.69) is 31.6 Å². The third-order valence-corrected chi connectivity index (χ3v) is 14.9. The summed E-state index contributed by atoms with van der Waals surface area (Å²) >= 11 is 2.67. The zero-order chi connectivity index (χ0) is 53.7. The SMILES string of the molecule is CC(C)[C@@H]1NC(=O)[C@H](Cc2cccs2)NC(=O)[C@H](Cc2ccc(O)cc2)CC(=O)CCCSC[C@@H](C(=O)N2CCC[C@H]2C(=O)N[C@H](CCCN=C(N)N)C(=O)NCc2ccccc2)CC(=O)[C@H](CC(N)=O)NC1=O. The lowest BCUT2D eigenvalue weighted by Crippen LogP contribution is -2.58. The molecule has 0 bridgehead atoms. The number of carbonyl (C=O) groups is 9. The number of nitrogens with one attached hydrogen (secondary N) is 5. The van der Waals surface area contributed by atoms with E-state index in [1.165, 1.54) is 40.1 Å². The Kier molecular flexibility index (Phi) is 22.9. The maximum Gasteiger partial charge on any atom is 0.243 e. The number of rotatable bonds is 17. The van der Waals surface area contributed by atoms with Gasteiger partial charge in [0.1, 0.15) is 35.7 Å². The van der Waals surface area contributed by atoms with Crippen LogP contribution in [0.1, 0.15) is 87.6 Å². The number of phenols is 1. The molecule has 0 spiro atoms. The monoisotopic (exact) mass is 1060 g/mol.